The van der Waals surface area contributed by atoms with Gasteiger partial charge in [-0.3, -0.25) is 14.9 Å². The molecule has 94 valence electrons. The Kier molecular flexibility index (Phi) is 3.09. The first-order valence-corrected chi connectivity index (χ1v) is 6.19. The van der Waals surface area contributed by atoms with Gasteiger partial charge >= 0.3 is 0 Å². The molecule has 1 heterocycles. The van der Waals surface area contributed by atoms with Crippen LogP contribution in [0.1, 0.15) is 32.6 Å². The Bertz CT molecular complexity index is 440. The van der Waals surface area contributed by atoms with Crippen molar-refractivity contribution in [2.75, 3.05) is 0 Å². The zero-order chi connectivity index (χ0) is 13.3. The largest absolute Gasteiger partial charge is 0.294 e. The SMILES string of the molecule is C[C@@H]1CCCC2(C1)C(C#N)C(=O)NC(=O)C2C#N. The van der Waals surface area contributed by atoms with Gasteiger partial charge in [0.2, 0.25) is 11.8 Å². The van der Waals surface area contributed by atoms with Crippen LogP contribution in [0, 0.1) is 45.8 Å². The van der Waals surface area contributed by atoms with Crippen LogP contribution < -0.4 is 5.32 Å². The molecule has 3 atom stereocenters. The molecule has 1 saturated carbocycles. The highest BCUT2D eigenvalue weighted by Gasteiger charge is 2.57. The summed E-state index contributed by atoms with van der Waals surface area (Å²) in [5, 5.41) is 20.6. The van der Waals surface area contributed by atoms with Crippen molar-refractivity contribution in [2.45, 2.75) is 32.6 Å². The molecule has 0 aromatic heterocycles. The Hall–Kier alpha value is -1.88. The van der Waals surface area contributed by atoms with Crippen LogP contribution in [0.5, 0.6) is 0 Å². The average Bonchev–Trinajstić information content (AvgIpc) is 2.29. The van der Waals surface area contributed by atoms with E-state index in [4.69, 9.17) is 0 Å². The zero-order valence-electron chi connectivity index (χ0n) is 10.3. The van der Waals surface area contributed by atoms with Crippen LogP contribution in [0.25, 0.3) is 0 Å². The van der Waals surface area contributed by atoms with Crippen LogP contribution in [0.3, 0.4) is 0 Å². The number of carbonyl (C=O) groups excluding carboxylic acids is 2. The first kappa shape index (κ1) is 12.6. The topological polar surface area (TPSA) is 93.8 Å². The molecular formula is C13H15N3O2. The molecule has 0 radical (unpaired) electrons. The van der Waals surface area contributed by atoms with E-state index in [-0.39, 0.29) is 0 Å². The van der Waals surface area contributed by atoms with Crippen LogP contribution in [0.15, 0.2) is 0 Å². The predicted molar refractivity (Wildman–Crippen MR) is 61.4 cm³/mol. The zero-order valence-corrected chi connectivity index (χ0v) is 10.3. The number of rotatable bonds is 0. The molecule has 2 rings (SSSR count). The van der Waals surface area contributed by atoms with Gasteiger partial charge in [-0.1, -0.05) is 19.8 Å². The van der Waals surface area contributed by atoms with Gasteiger partial charge in [-0.25, -0.2) is 0 Å². The standard InChI is InChI=1S/C13H15N3O2/c1-8-3-2-4-13(5-8)9(6-14)11(17)16-12(18)10(13)7-15/h8-10H,2-5H2,1H3,(H,16,17,18)/t8-,9?,10?,13?/m1/s1. The van der Waals surface area contributed by atoms with Crippen LogP contribution >= 0.6 is 0 Å². The summed E-state index contributed by atoms with van der Waals surface area (Å²) in [6, 6.07) is 4.01. The first-order valence-electron chi connectivity index (χ1n) is 6.19. The minimum atomic E-state index is -0.886. The summed E-state index contributed by atoms with van der Waals surface area (Å²) in [6.45, 7) is 2.04. The van der Waals surface area contributed by atoms with E-state index in [0.717, 1.165) is 12.8 Å². The van der Waals surface area contributed by atoms with Gasteiger partial charge in [0.1, 0.15) is 11.8 Å². The van der Waals surface area contributed by atoms with Crippen molar-refractivity contribution in [3.8, 4) is 12.1 Å². The maximum absolute atomic E-state index is 11.8. The van der Waals surface area contributed by atoms with Gasteiger partial charge in [0.25, 0.3) is 0 Å². The monoisotopic (exact) mass is 245 g/mol. The molecule has 1 saturated heterocycles. The van der Waals surface area contributed by atoms with Crippen molar-refractivity contribution in [2.24, 2.45) is 23.2 Å². The molecule has 2 unspecified atom stereocenters. The Labute approximate surface area is 106 Å². The number of nitriles is 2. The van der Waals surface area contributed by atoms with Gasteiger partial charge in [-0.05, 0) is 18.8 Å². The Morgan fingerprint density at radius 3 is 2.22 bits per heavy atom. The molecule has 1 aliphatic heterocycles. The molecule has 1 aliphatic carbocycles. The number of amides is 2. The van der Waals surface area contributed by atoms with E-state index in [2.05, 4.69) is 5.32 Å². The van der Waals surface area contributed by atoms with Crippen LogP contribution in [0.2, 0.25) is 0 Å². The van der Waals surface area contributed by atoms with Gasteiger partial charge < -0.3 is 0 Å². The molecule has 1 N–H and O–H groups in total. The maximum atomic E-state index is 11.8. The Balaban J connectivity index is 2.48. The van der Waals surface area contributed by atoms with E-state index in [1.807, 2.05) is 19.1 Å². The van der Waals surface area contributed by atoms with E-state index >= 15 is 0 Å². The highest BCUT2D eigenvalue weighted by Crippen LogP contribution is 2.51. The van der Waals surface area contributed by atoms with Crippen molar-refractivity contribution in [1.29, 1.82) is 10.5 Å². The Morgan fingerprint density at radius 2 is 1.78 bits per heavy atom. The van der Waals surface area contributed by atoms with Crippen molar-refractivity contribution in [1.82, 2.24) is 5.32 Å². The third kappa shape index (κ3) is 1.67. The summed E-state index contributed by atoms with van der Waals surface area (Å²) in [7, 11) is 0. The van der Waals surface area contributed by atoms with E-state index in [1.165, 1.54) is 0 Å². The molecule has 0 aromatic rings. The summed E-state index contributed by atoms with van der Waals surface area (Å²) < 4.78 is 0. The number of piperidine rings is 1. The third-order valence-electron chi connectivity index (χ3n) is 4.25. The predicted octanol–water partition coefficient (Wildman–Crippen LogP) is 1.12. The maximum Gasteiger partial charge on any atom is 0.244 e. The molecule has 5 nitrogen and oxygen atoms in total. The highest BCUT2D eigenvalue weighted by atomic mass is 16.2. The van der Waals surface area contributed by atoms with Crippen LogP contribution in [-0.2, 0) is 9.59 Å². The fraction of sp³-hybridized carbons (Fsp3) is 0.692. The van der Waals surface area contributed by atoms with Gasteiger partial charge in [-0.2, -0.15) is 10.5 Å². The van der Waals surface area contributed by atoms with Gasteiger partial charge in [0, 0.05) is 5.41 Å². The van der Waals surface area contributed by atoms with Crippen molar-refractivity contribution >= 4 is 11.8 Å². The normalized spacial score (nSPS) is 39.8. The fourth-order valence-electron chi connectivity index (χ4n) is 3.49. The molecule has 2 fully saturated rings. The van der Waals surface area contributed by atoms with E-state index in [0.29, 0.717) is 18.8 Å². The minimum Gasteiger partial charge on any atom is -0.294 e. The lowest BCUT2D eigenvalue weighted by molar-refractivity contribution is -0.147. The quantitative estimate of drug-likeness (QED) is 0.647. The number of imide groups is 1. The summed E-state index contributed by atoms with van der Waals surface area (Å²) in [5.41, 5.74) is -0.777. The summed E-state index contributed by atoms with van der Waals surface area (Å²) in [6.07, 6.45) is 3.08. The number of nitrogens with one attached hydrogen (secondary N) is 1. The number of carbonyl (C=O) groups is 2. The second kappa shape index (κ2) is 4.42. The summed E-state index contributed by atoms with van der Waals surface area (Å²) in [4.78, 5) is 23.6. The first-order chi connectivity index (χ1) is 8.55. The van der Waals surface area contributed by atoms with Crippen molar-refractivity contribution < 1.29 is 9.59 Å². The second-order valence-corrected chi connectivity index (χ2v) is 5.41. The lowest BCUT2D eigenvalue weighted by atomic mass is 9.56. The minimum absolute atomic E-state index is 0.337. The van der Waals surface area contributed by atoms with Crippen molar-refractivity contribution in [3.05, 3.63) is 0 Å². The number of nitrogens with zero attached hydrogens (tertiary/aromatic N) is 2. The second-order valence-electron chi connectivity index (χ2n) is 5.41. The van der Waals surface area contributed by atoms with E-state index in [9.17, 15) is 20.1 Å². The molecular weight excluding hydrogens is 230 g/mol. The van der Waals surface area contributed by atoms with Gasteiger partial charge in [-0.15, -0.1) is 0 Å². The summed E-state index contributed by atoms with van der Waals surface area (Å²) in [5.74, 6) is -2.51. The molecule has 2 aliphatic rings. The number of hydrogen-bond donors (Lipinski definition) is 1. The van der Waals surface area contributed by atoms with Crippen LogP contribution in [-0.4, -0.2) is 11.8 Å². The van der Waals surface area contributed by atoms with E-state index < -0.39 is 29.1 Å². The fourth-order valence-corrected chi connectivity index (χ4v) is 3.49. The summed E-state index contributed by atoms with van der Waals surface area (Å²) >= 11 is 0. The molecule has 2 amide bonds. The Morgan fingerprint density at radius 1 is 1.22 bits per heavy atom. The average molecular weight is 245 g/mol. The van der Waals surface area contributed by atoms with Gasteiger partial charge in [0.15, 0.2) is 0 Å². The van der Waals surface area contributed by atoms with Crippen molar-refractivity contribution in [3.63, 3.8) is 0 Å². The van der Waals surface area contributed by atoms with Crippen LogP contribution in [0.4, 0.5) is 0 Å². The molecule has 0 bridgehead atoms. The lowest BCUT2D eigenvalue weighted by Gasteiger charge is -2.46. The molecule has 18 heavy (non-hydrogen) atoms. The third-order valence-corrected chi connectivity index (χ3v) is 4.25. The van der Waals surface area contributed by atoms with E-state index in [1.54, 1.807) is 0 Å². The number of hydrogen-bond acceptors (Lipinski definition) is 4. The molecule has 5 heteroatoms. The lowest BCUT2D eigenvalue weighted by Crippen LogP contribution is -2.58. The molecule has 1 spiro atoms. The van der Waals surface area contributed by atoms with Gasteiger partial charge in [0.05, 0.1) is 12.1 Å². The highest BCUT2D eigenvalue weighted by molar-refractivity contribution is 6.03. The molecule has 0 aromatic carbocycles. The smallest absolute Gasteiger partial charge is 0.244 e.